The maximum absolute atomic E-state index is 12.9. The first-order valence-electron chi connectivity index (χ1n) is 9.87. The molecule has 1 unspecified atom stereocenters. The van der Waals surface area contributed by atoms with E-state index in [1.54, 1.807) is 4.90 Å². The van der Waals surface area contributed by atoms with E-state index < -0.39 is 39.3 Å². The summed E-state index contributed by atoms with van der Waals surface area (Å²) in [5, 5.41) is 13.8. The molecule has 11 heteroatoms. The van der Waals surface area contributed by atoms with Crippen LogP contribution in [0.3, 0.4) is 0 Å². The lowest BCUT2D eigenvalue weighted by molar-refractivity contribution is -0.384. The normalized spacial score (nSPS) is 20.6. The predicted octanol–water partition coefficient (Wildman–Crippen LogP) is 1.75. The van der Waals surface area contributed by atoms with Crippen LogP contribution >= 0.6 is 0 Å². The first-order valence-corrected chi connectivity index (χ1v) is 11.7. The van der Waals surface area contributed by atoms with Crippen LogP contribution in [-0.4, -0.2) is 67.4 Å². The standard InChI is InChI=1S/C19H25N3O7S/c1-20-16-7-6-13(10-17(16)22(25)26)19(24)29-11-18(23)21(14-4-2-3-5-14)15-8-9-30(27,28)12-15/h6-7,10,14-15,20H,2-5,8-9,11-12H2,1H3. The third kappa shape index (κ3) is 4.89. The van der Waals surface area contributed by atoms with Crippen molar-refractivity contribution in [2.45, 2.75) is 44.2 Å². The molecule has 1 amide bonds. The molecule has 0 spiro atoms. The topological polar surface area (TPSA) is 136 Å². The summed E-state index contributed by atoms with van der Waals surface area (Å²) < 4.78 is 28.9. The number of hydrogen-bond donors (Lipinski definition) is 1. The predicted molar refractivity (Wildman–Crippen MR) is 109 cm³/mol. The molecule has 164 valence electrons. The van der Waals surface area contributed by atoms with Gasteiger partial charge in [-0.05, 0) is 31.4 Å². The van der Waals surface area contributed by atoms with Crippen LogP contribution in [-0.2, 0) is 19.4 Å². The Bertz CT molecular complexity index is 941. The number of esters is 1. The Labute approximate surface area is 174 Å². The molecule has 30 heavy (non-hydrogen) atoms. The number of nitro groups is 1. The number of amides is 1. The zero-order valence-corrected chi connectivity index (χ0v) is 17.5. The number of ether oxygens (including phenoxy) is 1. The summed E-state index contributed by atoms with van der Waals surface area (Å²) in [5.74, 6) is -1.30. The van der Waals surface area contributed by atoms with Gasteiger partial charge in [-0.2, -0.15) is 0 Å². The number of rotatable bonds is 7. The number of carbonyl (C=O) groups excluding carboxylic acids is 2. The van der Waals surface area contributed by atoms with Crippen LogP contribution in [0.2, 0.25) is 0 Å². The van der Waals surface area contributed by atoms with Crippen molar-refractivity contribution in [3.8, 4) is 0 Å². The molecule has 1 aliphatic carbocycles. The highest BCUT2D eigenvalue weighted by Gasteiger charge is 2.39. The average molecular weight is 439 g/mol. The van der Waals surface area contributed by atoms with Gasteiger partial charge in [0.05, 0.1) is 22.0 Å². The monoisotopic (exact) mass is 439 g/mol. The number of anilines is 1. The van der Waals surface area contributed by atoms with Gasteiger partial charge in [0, 0.05) is 25.2 Å². The van der Waals surface area contributed by atoms with Gasteiger partial charge in [-0.1, -0.05) is 12.8 Å². The SMILES string of the molecule is CNc1ccc(C(=O)OCC(=O)N(C2CCCC2)C2CCS(=O)(=O)C2)cc1[N+](=O)[O-]. The van der Waals surface area contributed by atoms with E-state index in [0.29, 0.717) is 6.42 Å². The fourth-order valence-electron chi connectivity index (χ4n) is 4.19. The fourth-order valence-corrected chi connectivity index (χ4v) is 5.90. The van der Waals surface area contributed by atoms with Crippen molar-refractivity contribution in [1.82, 2.24) is 4.90 Å². The van der Waals surface area contributed by atoms with Crippen molar-refractivity contribution in [3.63, 3.8) is 0 Å². The molecule has 1 aliphatic heterocycles. The van der Waals surface area contributed by atoms with E-state index in [2.05, 4.69) is 5.32 Å². The number of carbonyl (C=O) groups is 2. The van der Waals surface area contributed by atoms with Crippen molar-refractivity contribution in [2.24, 2.45) is 0 Å². The molecule has 2 aliphatic rings. The largest absolute Gasteiger partial charge is 0.452 e. The number of nitro benzene ring substituents is 1. The summed E-state index contributed by atoms with van der Waals surface area (Å²) in [5.41, 5.74) is -0.0612. The number of nitrogens with one attached hydrogen (secondary N) is 1. The molecule has 1 saturated carbocycles. The minimum atomic E-state index is -3.17. The van der Waals surface area contributed by atoms with Crippen molar-refractivity contribution < 1.29 is 27.7 Å². The summed E-state index contributed by atoms with van der Waals surface area (Å²) >= 11 is 0. The summed E-state index contributed by atoms with van der Waals surface area (Å²) in [4.78, 5) is 37.4. The molecular formula is C19H25N3O7S. The van der Waals surface area contributed by atoms with E-state index in [-0.39, 0.29) is 34.5 Å². The Hall–Kier alpha value is -2.69. The molecule has 1 atom stereocenters. The molecule has 1 saturated heterocycles. The van der Waals surface area contributed by atoms with Gasteiger partial charge in [0.2, 0.25) is 0 Å². The molecule has 1 aromatic carbocycles. The summed E-state index contributed by atoms with van der Waals surface area (Å²) in [7, 11) is -1.64. The van der Waals surface area contributed by atoms with Gasteiger partial charge >= 0.3 is 5.97 Å². The maximum atomic E-state index is 12.9. The van der Waals surface area contributed by atoms with Crippen molar-refractivity contribution >= 4 is 33.1 Å². The van der Waals surface area contributed by atoms with E-state index >= 15 is 0 Å². The quantitative estimate of drug-likeness (QED) is 0.385. The molecule has 0 radical (unpaired) electrons. The molecule has 1 N–H and O–H groups in total. The highest BCUT2D eigenvalue weighted by atomic mass is 32.2. The highest BCUT2D eigenvalue weighted by molar-refractivity contribution is 7.91. The summed E-state index contributed by atoms with van der Waals surface area (Å²) in [6, 6.07) is 3.41. The van der Waals surface area contributed by atoms with E-state index in [9.17, 15) is 28.1 Å². The van der Waals surface area contributed by atoms with Crippen molar-refractivity contribution in [2.75, 3.05) is 30.5 Å². The second-order valence-corrected chi connectivity index (χ2v) is 9.84. The average Bonchev–Trinajstić information content (AvgIpc) is 3.35. The number of nitrogens with zero attached hydrogens (tertiary/aromatic N) is 2. The maximum Gasteiger partial charge on any atom is 0.338 e. The summed E-state index contributed by atoms with van der Waals surface area (Å²) in [6.45, 7) is -0.534. The molecule has 10 nitrogen and oxygen atoms in total. The summed E-state index contributed by atoms with van der Waals surface area (Å²) in [6.07, 6.45) is 3.92. The van der Waals surface area contributed by atoms with Crippen molar-refractivity contribution in [1.29, 1.82) is 0 Å². The Morgan fingerprint density at radius 2 is 1.93 bits per heavy atom. The van der Waals surface area contributed by atoms with Gasteiger partial charge in [0.1, 0.15) is 5.69 Å². The van der Waals surface area contributed by atoms with E-state index in [0.717, 1.165) is 31.7 Å². The van der Waals surface area contributed by atoms with Gasteiger partial charge in [-0.15, -0.1) is 0 Å². The van der Waals surface area contributed by atoms with Crippen LogP contribution in [0.25, 0.3) is 0 Å². The minimum absolute atomic E-state index is 0.0376. The van der Waals surface area contributed by atoms with E-state index in [1.165, 1.54) is 19.2 Å². The van der Waals surface area contributed by atoms with Gasteiger partial charge in [0.15, 0.2) is 16.4 Å². The zero-order chi connectivity index (χ0) is 21.9. The first kappa shape index (κ1) is 22.0. The second kappa shape index (κ2) is 8.99. The van der Waals surface area contributed by atoms with Crippen LogP contribution in [0.5, 0.6) is 0 Å². The van der Waals surface area contributed by atoms with Crippen LogP contribution in [0, 0.1) is 10.1 Å². The zero-order valence-electron chi connectivity index (χ0n) is 16.7. The molecular weight excluding hydrogens is 414 g/mol. The molecule has 1 aromatic rings. The number of sulfone groups is 1. The third-order valence-corrected chi connectivity index (χ3v) is 7.38. The van der Waals surface area contributed by atoms with Crippen LogP contribution in [0.1, 0.15) is 42.5 Å². The van der Waals surface area contributed by atoms with Crippen LogP contribution in [0.15, 0.2) is 18.2 Å². The van der Waals surface area contributed by atoms with Crippen molar-refractivity contribution in [3.05, 3.63) is 33.9 Å². The third-order valence-electron chi connectivity index (χ3n) is 5.63. The Morgan fingerprint density at radius 1 is 1.23 bits per heavy atom. The molecule has 3 rings (SSSR count). The molecule has 1 heterocycles. The van der Waals surface area contributed by atoms with E-state index in [1.807, 2.05) is 0 Å². The number of benzene rings is 1. The highest BCUT2D eigenvalue weighted by Crippen LogP contribution is 2.29. The fraction of sp³-hybridized carbons (Fsp3) is 0.579. The molecule has 0 bridgehead atoms. The lowest BCUT2D eigenvalue weighted by atomic mass is 10.1. The first-order chi connectivity index (χ1) is 14.2. The smallest absolute Gasteiger partial charge is 0.338 e. The lowest BCUT2D eigenvalue weighted by Gasteiger charge is -2.33. The minimum Gasteiger partial charge on any atom is -0.452 e. The van der Waals surface area contributed by atoms with Gasteiger partial charge in [0.25, 0.3) is 11.6 Å². The second-order valence-electron chi connectivity index (χ2n) is 7.61. The molecule has 0 aromatic heterocycles. The lowest BCUT2D eigenvalue weighted by Crippen LogP contribution is -2.48. The number of hydrogen-bond acceptors (Lipinski definition) is 8. The Kier molecular flexibility index (Phi) is 6.59. The van der Waals surface area contributed by atoms with Crippen LogP contribution < -0.4 is 5.32 Å². The Balaban J connectivity index is 1.70. The van der Waals surface area contributed by atoms with E-state index in [4.69, 9.17) is 4.74 Å². The molecule has 2 fully saturated rings. The van der Waals surface area contributed by atoms with Gasteiger partial charge in [-0.25, -0.2) is 13.2 Å². The van der Waals surface area contributed by atoms with Gasteiger partial charge in [-0.3, -0.25) is 14.9 Å². The van der Waals surface area contributed by atoms with Crippen LogP contribution in [0.4, 0.5) is 11.4 Å². The Morgan fingerprint density at radius 3 is 2.50 bits per heavy atom. The van der Waals surface area contributed by atoms with Gasteiger partial charge < -0.3 is 15.0 Å².